The molecule has 36 heavy (non-hydrogen) atoms. The molecule has 0 radical (unpaired) electrons. The Kier molecular flexibility index (Phi) is 8.24. The van der Waals surface area contributed by atoms with Crippen LogP contribution >= 0.6 is 0 Å². The van der Waals surface area contributed by atoms with E-state index in [2.05, 4.69) is 31.0 Å². The molecular weight excluding hydrogens is 450 g/mol. The van der Waals surface area contributed by atoms with Crippen LogP contribution in [0.2, 0.25) is 0 Å². The average Bonchev–Trinajstić information content (AvgIpc) is 2.89. The number of benzene rings is 2. The molecule has 0 saturated carbocycles. The third-order valence-electron chi connectivity index (χ3n) is 7.59. The van der Waals surface area contributed by atoms with Crippen molar-refractivity contribution in [3.63, 3.8) is 0 Å². The van der Waals surface area contributed by atoms with Crippen LogP contribution in [0.5, 0.6) is 0 Å². The van der Waals surface area contributed by atoms with Gasteiger partial charge >= 0.3 is 0 Å². The van der Waals surface area contributed by atoms with E-state index in [1.165, 1.54) is 0 Å². The molecule has 4 rings (SSSR count). The van der Waals surface area contributed by atoms with Crippen LogP contribution in [-0.2, 0) is 16.1 Å². The van der Waals surface area contributed by atoms with Gasteiger partial charge in [-0.05, 0) is 37.2 Å². The van der Waals surface area contributed by atoms with Crippen molar-refractivity contribution in [2.75, 3.05) is 19.6 Å². The highest BCUT2D eigenvalue weighted by Crippen LogP contribution is 2.34. The zero-order valence-corrected chi connectivity index (χ0v) is 21.8. The van der Waals surface area contributed by atoms with Gasteiger partial charge in [0.25, 0.3) is 0 Å². The minimum atomic E-state index is -0.734. The van der Waals surface area contributed by atoms with Crippen molar-refractivity contribution in [1.29, 1.82) is 0 Å². The molecular formula is C30H39N3O3. The predicted molar refractivity (Wildman–Crippen MR) is 142 cm³/mol. The van der Waals surface area contributed by atoms with E-state index in [-0.39, 0.29) is 17.6 Å². The van der Waals surface area contributed by atoms with Crippen LogP contribution in [0.1, 0.15) is 74.4 Å². The van der Waals surface area contributed by atoms with Crippen molar-refractivity contribution in [2.24, 2.45) is 5.92 Å². The van der Waals surface area contributed by atoms with Crippen molar-refractivity contribution in [1.82, 2.24) is 15.1 Å². The number of nitrogens with zero attached hydrogens (tertiary/aromatic N) is 2. The largest absolute Gasteiger partial charge is 0.342 e. The van der Waals surface area contributed by atoms with Crippen LogP contribution in [0.3, 0.4) is 0 Å². The van der Waals surface area contributed by atoms with E-state index in [4.69, 9.17) is 0 Å². The molecule has 2 aromatic rings. The monoisotopic (exact) mass is 489 g/mol. The molecule has 1 unspecified atom stereocenters. The average molecular weight is 490 g/mol. The lowest BCUT2D eigenvalue weighted by molar-refractivity contribution is -0.161. The Labute approximate surface area is 215 Å². The zero-order chi connectivity index (χ0) is 25.7. The van der Waals surface area contributed by atoms with E-state index in [1.807, 2.05) is 59.5 Å². The van der Waals surface area contributed by atoms with E-state index in [9.17, 15) is 14.4 Å². The number of amides is 2. The fourth-order valence-electron chi connectivity index (χ4n) is 5.50. The lowest BCUT2D eigenvalue weighted by atomic mass is 9.80. The van der Waals surface area contributed by atoms with Crippen molar-refractivity contribution in [3.8, 4) is 0 Å². The maximum atomic E-state index is 13.4. The Balaban J connectivity index is 1.40. The van der Waals surface area contributed by atoms with Gasteiger partial charge in [0.2, 0.25) is 11.8 Å². The minimum absolute atomic E-state index is 0.0206. The summed E-state index contributed by atoms with van der Waals surface area (Å²) in [6, 6.07) is 16.7. The molecule has 2 aromatic carbocycles. The van der Waals surface area contributed by atoms with Gasteiger partial charge in [-0.25, -0.2) is 0 Å². The summed E-state index contributed by atoms with van der Waals surface area (Å²) in [6.45, 7) is 9.20. The van der Waals surface area contributed by atoms with Crippen molar-refractivity contribution in [3.05, 3.63) is 71.3 Å². The molecule has 2 aliphatic heterocycles. The normalized spacial score (nSPS) is 20.1. The van der Waals surface area contributed by atoms with Gasteiger partial charge in [-0.3, -0.25) is 19.3 Å². The molecule has 0 aromatic heterocycles. The Morgan fingerprint density at radius 3 is 2.25 bits per heavy atom. The number of likely N-dealkylation sites (tertiary alicyclic amines) is 1. The quantitative estimate of drug-likeness (QED) is 0.529. The second-order valence-corrected chi connectivity index (χ2v) is 10.7. The molecule has 2 heterocycles. The summed E-state index contributed by atoms with van der Waals surface area (Å²) in [5.74, 6) is 0.478. The number of piperidine rings is 1. The Hall–Kier alpha value is -2.99. The lowest BCUT2D eigenvalue weighted by Crippen LogP contribution is -2.73. The highest BCUT2D eigenvalue weighted by Gasteiger charge is 2.53. The first-order valence-corrected chi connectivity index (χ1v) is 13.4. The summed E-state index contributed by atoms with van der Waals surface area (Å²) in [5.41, 5.74) is 1.78. The second-order valence-electron chi connectivity index (χ2n) is 10.7. The number of carbonyl (C=O) groups excluding carboxylic acids is 3. The lowest BCUT2D eigenvalue weighted by Gasteiger charge is -2.52. The highest BCUT2D eigenvalue weighted by molar-refractivity contribution is 6.08. The highest BCUT2D eigenvalue weighted by atomic mass is 16.2. The summed E-state index contributed by atoms with van der Waals surface area (Å²) in [5, 5.41) is 3.08. The van der Waals surface area contributed by atoms with E-state index < -0.39 is 11.6 Å². The number of hydrogen-bond acceptors (Lipinski definition) is 4. The number of nitrogens with one attached hydrogen (secondary N) is 1. The first-order chi connectivity index (χ1) is 17.3. The maximum absolute atomic E-state index is 13.4. The van der Waals surface area contributed by atoms with E-state index in [1.54, 1.807) is 0 Å². The zero-order valence-electron chi connectivity index (χ0n) is 21.8. The Bertz CT molecular complexity index is 1060. The third kappa shape index (κ3) is 5.54. The number of ketones is 1. The molecule has 192 valence electrons. The first kappa shape index (κ1) is 26.1. The van der Waals surface area contributed by atoms with Crippen molar-refractivity contribution >= 4 is 17.6 Å². The van der Waals surface area contributed by atoms with Gasteiger partial charge < -0.3 is 10.2 Å². The summed E-state index contributed by atoms with van der Waals surface area (Å²) >= 11 is 0. The maximum Gasteiger partial charge on any atom is 0.246 e. The smallest absolute Gasteiger partial charge is 0.246 e. The fourth-order valence-corrected chi connectivity index (χ4v) is 5.50. The molecule has 6 nitrogen and oxygen atoms in total. The standard InChI is InChI=1S/C30H39N3O3/c1-4-5-17-33-28(35)26(20-22(2)3)31-29(36)30(33)15-18-32(19-16-30)21-23-11-13-25(14-12-23)27(34)24-9-7-6-8-10-24/h6-14,22,26H,4-5,15-21H2,1-3H3,(H,31,36). The summed E-state index contributed by atoms with van der Waals surface area (Å²) in [4.78, 5) is 43.8. The van der Waals surface area contributed by atoms with Gasteiger partial charge in [-0.15, -0.1) is 0 Å². The SMILES string of the molecule is CCCCN1C(=O)C(CC(C)C)NC(=O)C12CCN(Cc1ccc(C(=O)c3ccccc3)cc1)CC2. The number of piperazine rings is 1. The van der Waals surface area contributed by atoms with Gasteiger partial charge in [0.05, 0.1) is 0 Å². The van der Waals surface area contributed by atoms with E-state index in [0.29, 0.717) is 42.9 Å². The van der Waals surface area contributed by atoms with E-state index in [0.717, 1.165) is 38.0 Å². The molecule has 1 N–H and O–H groups in total. The number of rotatable bonds is 9. The van der Waals surface area contributed by atoms with Gasteiger partial charge in [0, 0.05) is 37.3 Å². The first-order valence-electron chi connectivity index (χ1n) is 13.4. The van der Waals surface area contributed by atoms with Crippen LogP contribution < -0.4 is 5.32 Å². The van der Waals surface area contributed by atoms with Crippen LogP contribution in [0.4, 0.5) is 0 Å². The molecule has 1 spiro atoms. The molecule has 0 aliphatic carbocycles. The van der Waals surface area contributed by atoms with Gasteiger partial charge in [-0.1, -0.05) is 81.8 Å². The summed E-state index contributed by atoms with van der Waals surface area (Å²) in [6.07, 6.45) is 3.87. The van der Waals surface area contributed by atoms with E-state index >= 15 is 0 Å². The molecule has 6 heteroatoms. The van der Waals surface area contributed by atoms with Crippen LogP contribution in [0.25, 0.3) is 0 Å². The minimum Gasteiger partial charge on any atom is -0.342 e. The number of hydrogen-bond donors (Lipinski definition) is 1. The number of carbonyl (C=O) groups is 3. The predicted octanol–water partition coefficient (Wildman–Crippen LogP) is 4.43. The fraction of sp³-hybridized carbons (Fsp3) is 0.500. The Morgan fingerprint density at radius 1 is 1.00 bits per heavy atom. The summed E-state index contributed by atoms with van der Waals surface area (Å²) in [7, 11) is 0. The molecule has 1 atom stereocenters. The van der Waals surface area contributed by atoms with Crippen LogP contribution in [-0.4, -0.2) is 58.6 Å². The number of unbranched alkanes of at least 4 members (excludes halogenated alkanes) is 1. The molecule has 2 amide bonds. The van der Waals surface area contributed by atoms with Gasteiger partial charge in [0.15, 0.2) is 5.78 Å². The molecule has 2 saturated heterocycles. The second kappa shape index (κ2) is 11.4. The topological polar surface area (TPSA) is 69.7 Å². The van der Waals surface area contributed by atoms with Gasteiger partial charge in [-0.2, -0.15) is 0 Å². The molecule has 2 fully saturated rings. The van der Waals surface area contributed by atoms with Crippen molar-refractivity contribution < 1.29 is 14.4 Å². The van der Waals surface area contributed by atoms with Crippen molar-refractivity contribution in [2.45, 2.75) is 71.0 Å². The summed E-state index contributed by atoms with van der Waals surface area (Å²) < 4.78 is 0. The molecule has 2 aliphatic rings. The third-order valence-corrected chi connectivity index (χ3v) is 7.59. The van der Waals surface area contributed by atoms with Crippen LogP contribution in [0, 0.1) is 5.92 Å². The Morgan fingerprint density at radius 2 is 1.64 bits per heavy atom. The van der Waals surface area contributed by atoms with Gasteiger partial charge in [0.1, 0.15) is 11.6 Å². The van der Waals surface area contributed by atoms with Crippen LogP contribution in [0.15, 0.2) is 54.6 Å². The molecule has 0 bridgehead atoms.